The van der Waals surface area contributed by atoms with Gasteiger partial charge in [0.2, 0.25) is 0 Å². The smallest absolute Gasteiger partial charge is 0.317 e. The minimum absolute atomic E-state index is 0.177. The molecule has 3 heterocycles. The third-order valence-electron chi connectivity index (χ3n) is 3.38. The van der Waals surface area contributed by atoms with Gasteiger partial charge in [0.25, 0.3) is 5.56 Å². The van der Waals surface area contributed by atoms with Gasteiger partial charge < -0.3 is 19.8 Å². The molecule has 0 fully saturated rings. The number of hydrogen-bond acceptors (Lipinski definition) is 7. The first kappa shape index (κ1) is 17.4. The van der Waals surface area contributed by atoms with E-state index in [0.717, 1.165) is 5.16 Å². The molecule has 0 aliphatic rings. The molecule has 0 spiro atoms. The maximum atomic E-state index is 12.1. The van der Waals surface area contributed by atoms with E-state index in [9.17, 15) is 9.59 Å². The van der Waals surface area contributed by atoms with E-state index in [2.05, 4.69) is 25.5 Å². The number of nitrogens with one attached hydrogen (secondary N) is 2. The zero-order chi connectivity index (χ0) is 17.8. The molecule has 25 heavy (non-hydrogen) atoms. The van der Waals surface area contributed by atoms with Crippen molar-refractivity contribution in [3.05, 3.63) is 34.0 Å². The van der Waals surface area contributed by atoms with Crippen LogP contribution in [0.3, 0.4) is 0 Å². The lowest BCUT2D eigenvalue weighted by atomic mass is 10.4. The van der Waals surface area contributed by atoms with Crippen LogP contribution in [0.15, 0.2) is 27.7 Å². The van der Waals surface area contributed by atoms with Gasteiger partial charge in [-0.1, -0.05) is 11.8 Å². The maximum absolute atomic E-state index is 12.1. The molecule has 0 aliphatic carbocycles. The summed E-state index contributed by atoms with van der Waals surface area (Å²) in [4.78, 5) is 32.6. The molecule has 0 saturated heterocycles. The van der Waals surface area contributed by atoms with E-state index < -0.39 is 0 Å². The second kappa shape index (κ2) is 7.66. The first-order valence-corrected chi connectivity index (χ1v) is 9.33. The number of H-pyrrole nitrogens is 1. The van der Waals surface area contributed by atoms with Crippen molar-refractivity contribution in [2.75, 3.05) is 19.3 Å². The monoisotopic (exact) mass is 379 g/mol. The quantitative estimate of drug-likeness (QED) is 0.489. The number of amides is 2. The second-order valence-electron chi connectivity index (χ2n) is 5.31. The van der Waals surface area contributed by atoms with E-state index in [1.807, 2.05) is 17.0 Å². The normalized spacial score (nSPS) is 11.0. The van der Waals surface area contributed by atoms with E-state index in [1.54, 1.807) is 19.4 Å². The molecule has 0 radical (unpaired) electrons. The zero-order valence-corrected chi connectivity index (χ0v) is 15.4. The summed E-state index contributed by atoms with van der Waals surface area (Å²) in [7, 11) is 3.52. The highest BCUT2D eigenvalue weighted by atomic mass is 32.2. The Kier molecular flexibility index (Phi) is 5.34. The largest absolute Gasteiger partial charge is 0.337 e. The molecule has 0 bridgehead atoms. The molecule has 0 aliphatic heterocycles. The molecule has 3 rings (SSSR count). The molecule has 3 aromatic heterocycles. The van der Waals surface area contributed by atoms with Crippen molar-refractivity contribution in [1.29, 1.82) is 0 Å². The second-order valence-corrected chi connectivity index (χ2v) is 7.29. The summed E-state index contributed by atoms with van der Waals surface area (Å²) in [5, 5.41) is 13.2. The number of urea groups is 1. The van der Waals surface area contributed by atoms with E-state index in [4.69, 9.17) is 0 Å². The van der Waals surface area contributed by atoms with Gasteiger partial charge in [0.15, 0.2) is 5.16 Å². The molecule has 132 valence electrons. The number of aromatic nitrogens is 5. The van der Waals surface area contributed by atoms with Crippen LogP contribution in [0.1, 0.15) is 5.82 Å². The molecule has 2 amide bonds. The minimum atomic E-state index is -0.230. The Bertz CT molecular complexity index is 933. The topological polar surface area (TPSA) is 109 Å². The van der Waals surface area contributed by atoms with Crippen LogP contribution in [0.4, 0.5) is 4.79 Å². The standard InChI is InChI=1S/C14H17N7O2S2/c1-20(7-10-17-9-3-5-24-11(9)12(22)18-10)13(23)15-4-6-25-14-19-16-8-21(14)2/h3,5,8H,4,6-7H2,1-2H3,(H,15,23)(H,17,18,22). The number of rotatable bonds is 6. The summed E-state index contributed by atoms with van der Waals surface area (Å²) in [6.45, 7) is 0.720. The Balaban J connectivity index is 1.50. The Morgan fingerprint density at radius 1 is 1.52 bits per heavy atom. The zero-order valence-electron chi connectivity index (χ0n) is 13.7. The number of thiophene rings is 1. The van der Waals surface area contributed by atoms with Crippen LogP contribution in [0, 0.1) is 0 Å². The van der Waals surface area contributed by atoms with Crippen molar-refractivity contribution in [2.45, 2.75) is 11.7 Å². The first-order valence-electron chi connectivity index (χ1n) is 7.47. The predicted molar refractivity (Wildman–Crippen MR) is 96.8 cm³/mol. The van der Waals surface area contributed by atoms with Crippen LogP contribution in [0.25, 0.3) is 10.2 Å². The van der Waals surface area contributed by atoms with Crippen LogP contribution in [-0.2, 0) is 13.6 Å². The van der Waals surface area contributed by atoms with E-state index in [1.165, 1.54) is 28.0 Å². The van der Waals surface area contributed by atoms with Crippen LogP contribution in [-0.4, -0.2) is 55.0 Å². The third kappa shape index (κ3) is 4.17. The third-order valence-corrected chi connectivity index (χ3v) is 5.32. The molecular weight excluding hydrogens is 362 g/mol. The molecule has 0 atom stereocenters. The molecular formula is C14H17N7O2S2. The van der Waals surface area contributed by atoms with E-state index in [0.29, 0.717) is 28.3 Å². The molecule has 0 aromatic carbocycles. The highest BCUT2D eigenvalue weighted by Crippen LogP contribution is 2.14. The van der Waals surface area contributed by atoms with Gasteiger partial charge in [-0.15, -0.1) is 21.5 Å². The Morgan fingerprint density at radius 2 is 2.36 bits per heavy atom. The fourth-order valence-electron chi connectivity index (χ4n) is 2.13. The van der Waals surface area contributed by atoms with Crippen molar-refractivity contribution in [3.63, 3.8) is 0 Å². The van der Waals surface area contributed by atoms with Crippen LogP contribution in [0.5, 0.6) is 0 Å². The number of hydrogen-bond donors (Lipinski definition) is 2. The van der Waals surface area contributed by atoms with Gasteiger partial charge in [-0.25, -0.2) is 9.78 Å². The van der Waals surface area contributed by atoms with Crippen molar-refractivity contribution in [2.24, 2.45) is 7.05 Å². The Morgan fingerprint density at radius 3 is 3.12 bits per heavy atom. The Hall–Kier alpha value is -2.40. The molecule has 9 nitrogen and oxygen atoms in total. The van der Waals surface area contributed by atoms with Gasteiger partial charge in [-0.3, -0.25) is 4.79 Å². The SMILES string of the molecule is CN(Cc1nc2ccsc2c(=O)[nH]1)C(=O)NCCSc1nncn1C. The van der Waals surface area contributed by atoms with Crippen LogP contribution < -0.4 is 10.9 Å². The number of carbonyl (C=O) groups excluding carboxylic acids is 1. The lowest BCUT2D eigenvalue weighted by molar-refractivity contribution is 0.206. The van der Waals surface area contributed by atoms with Gasteiger partial charge in [0.1, 0.15) is 16.9 Å². The molecule has 2 N–H and O–H groups in total. The van der Waals surface area contributed by atoms with Crippen LogP contribution in [0.2, 0.25) is 0 Å². The summed E-state index contributed by atoms with van der Waals surface area (Å²) < 4.78 is 2.41. The molecule has 3 aromatic rings. The fraction of sp³-hybridized carbons (Fsp3) is 0.357. The van der Waals surface area contributed by atoms with Gasteiger partial charge in [0.05, 0.1) is 12.1 Å². The summed E-state index contributed by atoms with van der Waals surface area (Å²) >= 11 is 2.86. The van der Waals surface area contributed by atoms with Gasteiger partial charge >= 0.3 is 6.03 Å². The summed E-state index contributed by atoms with van der Waals surface area (Å²) in [6, 6.07) is 1.56. The number of nitrogens with zero attached hydrogens (tertiary/aromatic N) is 5. The fourth-order valence-corrected chi connectivity index (χ4v) is 3.60. The summed E-state index contributed by atoms with van der Waals surface area (Å²) in [5.41, 5.74) is 0.474. The maximum Gasteiger partial charge on any atom is 0.317 e. The highest BCUT2D eigenvalue weighted by molar-refractivity contribution is 7.99. The molecule has 11 heteroatoms. The number of aryl methyl sites for hydroxylation is 1. The van der Waals surface area contributed by atoms with Crippen LogP contribution >= 0.6 is 23.1 Å². The number of fused-ring (bicyclic) bond motifs is 1. The average Bonchev–Trinajstić information content (AvgIpc) is 3.20. The predicted octanol–water partition coefficient (Wildman–Crippen LogP) is 1.05. The van der Waals surface area contributed by atoms with Gasteiger partial charge in [0, 0.05) is 26.4 Å². The van der Waals surface area contributed by atoms with Crippen molar-refractivity contribution in [3.8, 4) is 0 Å². The minimum Gasteiger partial charge on any atom is -0.337 e. The van der Waals surface area contributed by atoms with Gasteiger partial charge in [-0.05, 0) is 11.4 Å². The first-order chi connectivity index (χ1) is 12.0. The lowest BCUT2D eigenvalue weighted by Gasteiger charge is -2.17. The highest BCUT2D eigenvalue weighted by Gasteiger charge is 2.12. The van der Waals surface area contributed by atoms with Crippen molar-refractivity contribution < 1.29 is 4.79 Å². The average molecular weight is 379 g/mol. The van der Waals surface area contributed by atoms with Crippen molar-refractivity contribution in [1.82, 2.24) is 34.9 Å². The Labute approximate surface area is 151 Å². The molecule has 0 saturated carbocycles. The van der Waals surface area contributed by atoms with Crippen molar-refractivity contribution >= 4 is 39.3 Å². The van der Waals surface area contributed by atoms with E-state index in [-0.39, 0.29) is 18.1 Å². The lowest BCUT2D eigenvalue weighted by Crippen LogP contribution is -2.38. The molecule has 0 unspecified atom stereocenters. The van der Waals surface area contributed by atoms with E-state index >= 15 is 0 Å². The number of aromatic amines is 1. The number of carbonyl (C=O) groups is 1. The number of thioether (sulfide) groups is 1. The summed E-state index contributed by atoms with van der Waals surface area (Å²) in [5.74, 6) is 1.14. The van der Waals surface area contributed by atoms with Gasteiger partial charge in [-0.2, -0.15) is 0 Å². The summed E-state index contributed by atoms with van der Waals surface area (Å²) in [6.07, 6.45) is 1.63.